The van der Waals surface area contributed by atoms with Gasteiger partial charge in [0.15, 0.2) is 0 Å². The fraction of sp³-hybridized carbons (Fsp3) is 0.467. The van der Waals surface area contributed by atoms with Crippen molar-refractivity contribution in [2.45, 2.75) is 44.2 Å². The van der Waals surface area contributed by atoms with Crippen LogP contribution < -0.4 is 5.32 Å². The van der Waals surface area contributed by atoms with Crippen LogP contribution in [-0.2, 0) is 11.3 Å². The number of carbonyl (C=O) groups excluding carboxylic acids is 2. The van der Waals surface area contributed by atoms with E-state index in [1.54, 1.807) is 12.1 Å². The molecule has 3 rings (SSSR count). The standard InChI is InChI=1S/C15H17FN2O2/c16-12-6-4-11(5-7-12)10-18-13(19)15(17-14(18)20)8-2-1-3-9-15/h4-7H,1-3,8-10H2,(H,17,20). The third kappa shape index (κ3) is 2.17. The lowest BCUT2D eigenvalue weighted by Gasteiger charge is -2.30. The van der Waals surface area contributed by atoms with Crippen LogP contribution in [0, 0.1) is 5.82 Å². The highest BCUT2D eigenvalue weighted by Gasteiger charge is 2.51. The third-order valence-electron chi connectivity index (χ3n) is 4.21. The second-order valence-corrected chi connectivity index (χ2v) is 5.59. The maximum absolute atomic E-state index is 12.9. The van der Waals surface area contributed by atoms with Crippen LogP contribution in [0.5, 0.6) is 0 Å². The van der Waals surface area contributed by atoms with Crippen molar-refractivity contribution in [2.24, 2.45) is 0 Å². The predicted octanol–water partition coefficient (Wildman–Crippen LogP) is 2.58. The highest BCUT2D eigenvalue weighted by Crippen LogP contribution is 2.34. The molecule has 1 aromatic carbocycles. The second kappa shape index (κ2) is 4.89. The quantitative estimate of drug-likeness (QED) is 0.844. The number of carbonyl (C=O) groups is 2. The third-order valence-corrected chi connectivity index (χ3v) is 4.21. The smallest absolute Gasteiger partial charge is 0.323 e. The molecule has 20 heavy (non-hydrogen) atoms. The summed E-state index contributed by atoms with van der Waals surface area (Å²) in [6.45, 7) is 0.201. The molecular formula is C15H17FN2O2. The van der Waals surface area contributed by atoms with E-state index in [1.165, 1.54) is 17.0 Å². The molecule has 5 heteroatoms. The van der Waals surface area contributed by atoms with Crippen molar-refractivity contribution in [2.75, 3.05) is 0 Å². The van der Waals surface area contributed by atoms with Gasteiger partial charge in [0, 0.05) is 0 Å². The molecule has 1 saturated carbocycles. The van der Waals surface area contributed by atoms with Crippen LogP contribution >= 0.6 is 0 Å². The van der Waals surface area contributed by atoms with Crippen LogP contribution in [0.4, 0.5) is 9.18 Å². The van der Waals surface area contributed by atoms with E-state index in [1.807, 2.05) is 0 Å². The van der Waals surface area contributed by atoms with E-state index in [0.717, 1.165) is 37.7 Å². The van der Waals surface area contributed by atoms with Gasteiger partial charge in [-0.15, -0.1) is 0 Å². The van der Waals surface area contributed by atoms with Gasteiger partial charge in [0.2, 0.25) is 0 Å². The van der Waals surface area contributed by atoms with Crippen molar-refractivity contribution >= 4 is 11.9 Å². The zero-order chi connectivity index (χ0) is 14.2. The number of benzene rings is 1. The number of nitrogens with one attached hydrogen (secondary N) is 1. The SMILES string of the molecule is O=C1NC2(CCCCC2)C(=O)N1Cc1ccc(F)cc1. The summed E-state index contributed by atoms with van der Waals surface area (Å²) in [7, 11) is 0. The van der Waals surface area contributed by atoms with Crippen molar-refractivity contribution in [3.05, 3.63) is 35.6 Å². The fourth-order valence-corrected chi connectivity index (χ4v) is 3.09. The summed E-state index contributed by atoms with van der Waals surface area (Å²) in [6, 6.07) is 5.54. The molecule has 1 aliphatic carbocycles. The van der Waals surface area contributed by atoms with Crippen molar-refractivity contribution in [1.82, 2.24) is 10.2 Å². The summed E-state index contributed by atoms with van der Waals surface area (Å²) in [4.78, 5) is 25.8. The molecule has 2 fully saturated rings. The topological polar surface area (TPSA) is 49.4 Å². The first-order valence-corrected chi connectivity index (χ1v) is 6.99. The van der Waals surface area contributed by atoms with Gasteiger partial charge in [0.25, 0.3) is 5.91 Å². The van der Waals surface area contributed by atoms with Crippen molar-refractivity contribution < 1.29 is 14.0 Å². The number of imide groups is 1. The predicted molar refractivity (Wildman–Crippen MR) is 71.3 cm³/mol. The first kappa shape index (κ1) is 13.1. The average molecular weight is 276 g/mol. The Morgan fingerprint density at radius 3 is 2.40 bits per heavy atom. The minimum Gasteiger partial charge on any atom is -0.323 e. The van der Waals surface area contributed by atoms with Gasteiger partial charge in [0.05, 0.1) is 6.54 Å². The Kier molecular flexibility index (Phi) is 3.20. The maximum Gasteiger partial charge on any atom is 0.325 e. The summed E-state index contributed by atoms with van der Waals surface area (Å²) >= 11 is 0. The van der Waals surface area contributed by atoms with E-state index in [9.17, 15) is 14.0 Å². The maximum atomic E-state index is 12.9. The minimum atomic E-state index is -0.685. The molecule has 1 saturated heterocycles. The Balaban J connectivity index is 1.78. The molecule has 1 aliphatic heterocycles. The first-order chi connectivity index (χ1) is 9.61. The van der Waals surface area contributed by atoms with Crippen LogP contribution in [0.1, 0.15) is 37.7 Å². The number of rotatable bonds is 2. The molecule has 106 valence electrons. The van der Waals surface area contributed by atoms with Gasteiger partial charge in [0.1, 0.15) is 11.4 Å². The summed E-state index contributed by atoms with van der Waals surface area (Å²) in [6.07, 6.45) is 4.49. The molecule has 1 N–H and O–H groups in total. The van der Waals surface area contributed by atoms with E-state index in [4.69, 9.17) is 0 Å². The van der Waals surface area contributed by atoms with Gasteiger partial charge in [-0.2, -0.15) is 0 Å². The molecule has 3 amide bonds. The van der Waals surface area contributed by atoms with Crippen LogP contribution in [0.2, 0.25) is 0 Å². The lowest BCUT2D eigenvalue weighted by Crippen LogP contribution is -2.48. The van der Waals surface area contributed by atoms with Gasteiger partial charge in [-0.3, -0.25) is 9.69 Å². The number of hydrogen-bond acceptors (Lipinski definition) is 2. The van der Waals surface area contributed by atoms with Gasteiger partial charge in [-0.1, -0.05) is 31.4 Å². The Hall–Kier alpha value is -1.91. The Morgan fingerprint density at radius 1 is 1.10 bits per heavy atom. The van der Waals surface area contributed by atoms with E-state index in [2.05, 4.69) is 5.32 Å². The lowest BCUT2D eigenvalue weighted by molar-refractivity contribution is -0.132. The summed E-state index contributed by atoms with van der Waals surface area (Å²) in [5, 5.41) is 2.86. The summed E-state index contributed by atoms with van der Waals surface area (Å²) in [5.74, 6) is -0.457. The van der Waals surface area contributed by atoms with Crippen molar-refractivity contribution in [3.8, 4) is 0 Å². The Labute approximate surface area is 117 Å². The zero-order valence-electron chi connectivity index (χ0n) is 11.2. The van der Waals surface area contributed by atoms with Crippen LogP contribution in [0.3, 0.4) is 0 Å². The van der Waals surface area contributed by atoms with E-state index in [0.29, 0.717) is 0 Å². The van der Waals surface area contributed by atoms with E-state index >= 15 is 0 Å². The monoisotopic (exact) mass is 276 g/mol. The molecule has 1 heterocycles. The highest BCUT2D eigenvalue weighted by molar-refractivity contribution is 6.07. The number of nitrogens with zero attached hydrogens (tertiary/aromatic N) is 1. The van der Waals surface area contributed by atoms with Crippen LogP contribution in [0.15, 0.2) is 24.3 Å². The van der Waals surface area contributed by atoms with Gasteiger partial charge < -0.3 is 5.32 Å². The number of urea groups is 1. The number of halogens is 1. The summed E-state index contributed by atoms with van der Waals surface area (Å²) < 4.78 is 12.9. The zero-order valence-corrected chi connectivity index (χ0v) is 11.2. The summed E-state index contributed by atoms with van der Waals surface area (Å²) in [5.41, 5.74) is 0.0674. The van der Waals surface area contributed by atoms with Crippen LogP contribution in [0.25, 0.3) is 0 Å². The van der Waals surface area contributed by atoms with Crippen molar-refractivity contribution in [1.29, 1.82) is 0 Å². The number of amides is 3. The molecule has 0 aromatic heterocycles. The second-order valence-electron chi connectivity index (χ2n) is 5.59. The average Bonchev–Trinajstić information content (AvgIpc) is 2.67. The van der Waals surface area contributed by atoms with Gasteiger partial charge >= 0.3 is 6.03 Å². The lowest BCUT2D eigenvalue weighted by atomic mass is 9.82. The Bertz CT molecular complexity index is 535. The molecule has 2 aliphatic rings. The van der Waals surface area contributed by atoms with Crippen LogP contribution in [-0.4, -0.2) is 22.4 Å². The minimum absolute atomic E-state index is 0.133. The Morgan fingerprint density at radius 2 is 1.75 bits per heavy atom. The molecule has 1 spiro atoms. The number of hydrogen-bond donors (Lipinski definition) is 1. The van der Waals surface area contributed by atoms with Gasteiger partial charge in [-0.05, 0) is 30.5 Å². The first-order valence-electron chi connectivity index (χ1n) is 6.99. The van der Waals surface area contributed by atoms with Crippen molar-refractivity contribution in [3.63, 3.8) is 0 Å². The molecule has 1 aromatic rings. The molecule has 0 radical (unpaired) electrons. The molecule has 0 bridgehead atoms. The normalized spacial score (nSPS) is 21.4. The largest absolute Gasteiger partial charge is 0.325 e. The van der Waals surface area contributed by atoms with Gasteiger partial charge in [-0.25, -0.2) is 9.18 Å². The van der Waals surface area contributed by atoms with E-state index < -0.39 is 5.54 Å². The molecule has 4 nitrogen and oxygen atoms in total. The molecular weight excluding hydrogens is 259 g/mol. The molecule has 0 unspecified atom stereocenters. The van der Waals surface area contributed by atoms with E-state index in [-0.39, 0.29) is 24.3 Å². The fourth-order valence-electron chi connectivity index (χ4n) is 3.09. The highest BCUT2D eigenvalue weighted by atomic mass is 19.1. The molecule has 0 atom stereocenters.